The lowest BCUT2D eigenvalue weighted by Gasteiger charge is -2.16. The molecule has 100 valence electrons. The second-order valence-corrected chi connectivity index (χ2v) is 6.17. The van der Waals surface area contributed by atoms with Crippen molar-refractivity contribution >= 4 is 27.5 Å². The van der Waals surface area contributed by atoms with Crippen molar-refractivity contribution in [3.63, 3.8) is 0 Å². The number of benzene rings is 2. The van der Waals surface area contributed by atoms with Gasteiger partial charge < -0.3 is 0 Å². The smallest absolute Gasteiger partial charge is 0.127 e. The zero-order valence-corrected chi connectivity index (χ0v) is 13.2. The molecule has 0 aromatic heterocycles. The lowest BCUT2D eigenvalue weighted by Crippen LogP contribution is -2.02. The van der Waals surface area contributed by atoms with E-state index in [0.29, 0.717) is 17.0 Å². The van der Waals surface area contributed by atoms with Gasteiger partial charge in [0.05, 0.1) is 0 Å². The van der Waals surface area contributed by atoms with Crippen LogP contribution in [0.3, 0.4) is 0 Å². The highest BCUT2D eigenvalue weighted by Gasteiger charge is 2.16. The van der Waals surface area contributed by atoms with Crippen LogP contribution >= 0.6 is 27.5 Å². The highest BCUT2D eigenvalue weighted by molar-refractivity contribution is 9.09. The van der Waals surface area contributed by atoms with Gasteiger partial charge in [-0.15, -0.1) is 0 Å². The second-order valence-electron chi connectivity index (χ2n) is 4.66. The molecule has 0 radical (unpaired) electrons. The first-order valence-electron chi connectivity index (χ1n) is 6.13. The Balaban J connectivity index is 2.31. The van der Waals surface area contributed by atoms with Crippen molar-refractivity contribution in [3.05, 3.63) is 69.5 Å². The molecular formula is C16H15BrClF. The van der Waals surface area contributed by atoms with Crippen molar-refractivity contribution in [2.45, 2.75) is 25.1 Å². The van der Waals surface area contributed by atoms with E-state index in [2.05, 4.69) is 41.9 Å². The molecule has 1 unspecified atom stereocenters. The summed E-state index contributed by atoms with van der Waals surface area (Å²) in [5, 5.41) is 0.481. The Bertz CT molecular complexity index is 575. The predicted octanol–water partition coefficient (Wildman–Crippen LogP) is 5.77. The highest BCUT2D eigenvalue weighted by atomic mass is 79.9. The molecule has 19 heavy (non-hydrogen) atoms. The van der Waals surface area contributed by atoms with Crippen LogP contribution in [0, 0.1) is 19.7 Å². The highest BCUT2D eigenvalue weighted by Crippen LogP contribution is 2.33. The number of hydrogen-bond acceptors (Lipinski definition) is 0. The fourth-order valence-corrected chi connectivity index (χ4v) is 3.19. The summed E-state index contributed by atoms with van der Waals surface area (Å²) < 4.78 is 13.8. The molecule has 0 N–H and O–H groups in total. The maximum atomic E-state index is 13.8. The lowest BCUT2D eigenvalue weighted by atomic mass is 9.97. The van der Waals surface area contributed by atoms with Crippen molar-refractivity contribution in [2.75, 3.05) is 0 Å². The first-order valence-corrected chi connectivity index (χ1v) is 7.43. The van der Waals surface area contributed by atoms with E-state index in [4.69, 9.17) is 11.6 Å². The summed E-state index contributed by atoms with van der Waals surface area (Å²) in [4.78, 5) is 0.0572. The molecule has 0 fully saturated rings. The molecule has 0 saturated heterocycles. The van der Waals surface area contributed by atoms with Crippen LogP contribution in [0.25, 0.3) is 0 Å². The molecule has 3 heteroatoms. The SMILES string of the molecule is Cc1cccc(C(Br)Cc2c(F)cccc2Cl)c1C. The van der Waals surface area contributed by atoms with E-state index in [1.807, 2.05) is 6.07 Å². The average Bonchev–Trinajstić information content (AvgIpc) is 2.37. The average molecular weight is 342 g/mol. The van der Waals surface area contributed by atoms with Crippen LogP contribution < -0.4 is 0 Å². The van der Waals surface area contributed by atoms with Crippen LogP contribution in [0.15, 0.2) is 36.4 Å². The maximum Gasteiger partial charge on any atom is 0.127 e. The van der Waals surface area contributed by atoms with Gasteiger partial charge in [-0.05, 0) is 49.1 Å². The zero-order chi connectivity index (χ0) is 14.0. The minimum absolute atomic E-state index is 0.0572. The monoisotopic (exact) mass is 340 g/mol. The molecule has 2 aromatic rings. The minimum atomic E-state index is -0.248. The van der Waals surface area contributed by atoms with E-state index in [1.54, 1.807) is 12.1 Å². The molecule has 0 saturated carbocycles. The number of hydrogen-bond donors (Lipinski definition) is 0. The summed E-state index contributed by atoms with van der Waals surface area (Å²) in [6.07, 6.45) is 0.538. The van der Waals surface area contributed by atoms with E-state index >= 15 is 0 Å². The van der Waals surface area contributed by atoms with Crippen LogP contribution in [0.2, 0.25) is 5.02 Å². The first kappa shape index (κ1) is 14.5. The summed E-state index contributed by atoms with van der Waals surface area (Å²) in [5.41, 5.74) is 4.21. The molecule has 1 atom stereocenters. The molecule has 0 aliphatic heterocycles. The number of rotatable bonds is 3. The predicted molar refractivity (Wildman–Crippen MR) is 82.7 cm³/mol. The van der Waals surface area contributed by atoms with Gasteiger partial charge in [0.2, 0.25) is 0 Å². The van der Waals surface area contributed by atoms with E-state index < -0.39 is 0 Å². The Hall–Kier alpha value is -0.860. The second kappa shape index (κ2) is 6.06. The Kier molecular flexibility index (Phi) is 4.64. The van der Waals surface area contributed by atoms with Gasteiger partial charge in [0.15, 0.2) is 0 Å². The normalized spacial score (nSPS) is 12.5. The summed E-state index contributed by atoms with van der Waals surface area (Å²) in [6.45, 7) is 4.16. The minimum Gasteiger partial charge on any atom is -0.207 e. The van der Waals surface area contributed by atoms with Crippen LogP contribution in [0.4, 0.5) is 4.39 Å². The third kappa shape index (κ3) is 3.18. The van der Waals surface area contributed by atoms with Crippen LogP contribution in [-0.4, -0.2) is 0 Å². The Morgan fingerprint density at radius 1 is 1.16 bits per heavy atom. The van der Waals surface area contributed by atoms with Crippen molar-refractivity contribution in [3.8, 4) is 0 Å². The van der Waals surface area contributed by atoms with Gasteiger partial charge in [-0.2, -0.15) is 0 Å². The van der Waals surface area contributed by atoms with Gasteiger partial charge in [-0.25, -0.2) is 4.39 Å². The van der Waals surface area contributed by atoms with Gasteiger partial charge in [0.25, 0.3) is 0 Å². The molecule has 2 rings (SSSR count). The zero-order valence-electron chi connectivity index (χ0n) is 10.9. The van der Waals surface area contributed by atoms with Gasteiger partial charge in [-0.1, -0.05) is 51.8 Å². The number of alkyl halides is 1. The molecule has 0 heterocycles. The summed E-state index contributed by atoms with van der Waals surface area (Å²) in [6, 6.07) is 11.0. The third-order valence-electron chi connectivity index (χ3n) is 3.43. The summed E-state index contributed by atoms with van der Waals surface area (Å²) in [5.74, 6) is -0.248. The van der Waals surface area contributed by atoms with E-state index in [-0.39, 0.29) is 10.6 Å². The van der Waals surface area contributed by atoms with Crippen molar-refractivity contribution < 1.29 is 4.39 Å². The number of halogens is 3. The quantitative estimate of drug-likeness (QED) is 0.621. The third-order valence-corrected chi connectivity index (χ3v) is 4.60. The largest absolute Gasteiger partial charge is 0.207 e. The Labute approximate surface area is 126 Å². The van der Waals surface area contributed by atoms with Crippen molar-refractivity contribution in [1.82, 2.24) is 0 Å². The van der Waals surface area contributed by atoms with Crippen molar-refractivity contribution in [2.24, 2.45) is 0 Å². The fourth-order valence-electron chi connectivity index (χ4n) is 2.13. The van der Waals surface area contributed by atoms with Crippen LogP contribution in [-0.2, 0) is 6.42 Å². The standard InChI is InChI=1S/C16H15BrClF/c1-10-5-3-6-12(11(10)2)14(17)9-13-15(18)7-4-8-16(13)19/h3-8,14H,9H2,1-2H3. The van der Waals surface area contributed by atoms with Gasteiger partial charge in [0.1, 0.15) is 5.82 Å². The van der Waals surface area contributed by atoms with Crippen LogP contribution in [0.5, 0.6) is 0 Å². The lowest BCUT2D eigenvalue weighted by molar-refractivity contribution is 0.608. The molecular weight excluding hydrogens is 327 g/mol. The van der Waals surface area contributed by atoms with Gasteiger partial charge >= 0.3 is 0 Å². The van der Waals surface area contributed by atoms with Crippen molar-refractivity contribution in [1.29, 1.82) is 0 Å². The topological polar surface area (TPSA) is 0 Å². The van der Waals surface area contributed by atoms with Gasteiger partial charge in [0, 0.05) is 15.4 Å². The molecule has 0 aliphatic rings. The van der Waals surface area contributed by atoms with E-state index in [9.17, 15) is 4.39 Å². The summed E-state index contributed by atoms with van der Waals surface area (Å²) in [7, 11) is 0. The molecule has 0 spiro atoms. The fraction of sp³-hybridized carbons (Fsp3) is 0.250. The number of aryl methyl sites for hydroxylation is 1. The van der Waals surface area contributed by atoms with E-state index in [1.165, 1.54) is 22.8 Å². The molecule has 0 amide bonds. The van der Waals surface area contributed by atoms with Gasteiger partial charge in [-0.3, -0.25) is 0 Å². The molecule has 0 aliphatic carbocycles. The first-order chi connectivity index (χ1) is 9.00. The summed E-state index contributed by atoms with van der Waals surface area (Å²) >= 11 is 9.72. The molecule has 0 bridgehead atoms. The maximum absolute atomic E-state index is 13.8. The molecule has 2 aromatic carbocycles. The van der Waals surface area contributed by atoms with Crippen LogP contribution in [0.1, 0.15) is 27.1 Å². The molecule has 0 nitrogen and oxygen atoms in total. The van der Waals surface area contributed by atoms with E-state index in [0.717, 1.165) is 0 Å². The Morgan fingerprint density at radius 2 is 1.84 bits per heavy atom. The Morgan fingerprint density at radius 3 is 2.53 bits per heavy atom.